The number of anilines is 2. The molecule has 1 N–H and O–H groups in total. The molecule has 3 heterocycles. The van der Waals surface area contributed by atoms with Gasteiger partial charge in [0, 0.05) is 20.0 Å². The van der Waals surface area contributed by atoms with Gasteiger partial charge in [-0.1, -0.05) is 11.6 Å². The molecule has 0 atom stereocenters. The summed E-state index contributed by atoms with van der Waals surface area (Å²) < 4.78 is 7.30. The summed E-state index contributed by atoms with van der Waals surface area (Å²) in [5, 5.41) is 18.0. The summed E-state index contributed by atoms with van der Waals surface area (Å²) in [6.45, 7) is 0. The molecule has 1 saturated carbocycles. The first-order chi connectivity index (χ1) is 13.9. The molecule has 1 aliphatic rings. The smallest absolute Gasteiger partial charge is 0.388 e. The van der Waals surface area contributed by atoms with Gasteiger partial charge in [0.25, 0.3) is 0 Å². The molecule has 4 rings (SSSR count). The van der Waals surface area contributed by atoms with Gasteiger partial charge >= 0.3 is 5.82 Å². The van der Waals surface area contributed by atoms with Gasteiger partial charge < -0.3 is 20.2 Å². The average Bonchev–Trinajstić information content (AvgIpc) is 3.49. The molecule has 1 fully saturated rings. The summed E-state index contributed by atoms with van der Waals surface area (Å²) in [6.07, 6.45) is 7.60. The highest BCUT2D eigenvalue weighted by Crippen LogP contribution is 2.40. The molecule has 1 aliphatic carbocycles. The average molecular weight is 418 g/mol. The topological polar surface area (TPSA) is 128 Å². The first kappa shape index (κ1) is 18.9. The minimum atomic E-state index is -0.637. The predicted octanol–water partition coefficient (Wildman–Crippen LogP) is 2.89. The lowest BCUT2D eigenvalue weighted by Crippen LogP contribution is -2.28. The maximum absolute atomic E-state index is 12.2. The van der Waals surface area contributed by atoms with Gasteiger partial charge in [0.1, 0.15) is 10.5 Å². The lowest BCUT2D eigenvalue weighted by molar-refractivity contribution is -0.388. The Kier molecular flexibility index (Phi) is 4.66. The van der Waals surface area contributed by atoms with E-state index in [0.717, 1.165) is 12.8 Å². The van der Waals surface area contributed by atoms with Crippen molar-refractivity contribution in [2.45, 2.75) is 12.8 Å². The Morgan fingerprint density at radius 3 is 2.76 bits per heavy atom. The van der Waals surface area contributed by atoms with Crippen LogP contribution in [-0.4, -0.2) is 44.5 Å². The number of nitrogens with one attached hydrogen (secondary N) is 1. The van der Waals surface area contributed by atoms with Crippen LogP contribution in [0.4, 0.5) is 17.3 Å². The van der Waals surface area contributed by atoms with Gasteiger partial charge in [0.15, 0.2) is 29.2 Å². The molecule has 0 bridgehead atoms. The third-order valence-corrected chi connectivity index (χ3v) is 4.94. The first-order valence-electron chi connectivity index (χ1n) is 8.70. The number of carbonyl (C=O) groups excluding carboxylic acids is 1. The molecule has 29 heavy (non-hydrogen) atoms. The van der Waals surface area contributed by atoms with Gasteiger partial charge in [-0.25, -0.2) is 9.50 Å². The molecule has 1 amide bonds. The molecule has 0 aromatic carbocycles. The summed E-state index contributed by atoms with van der Waals surface area (Å²) in [5.74, 6) is 0.633. The van der Waals surface area contributed by atoms with Gasteiger partial charge in [0.2, 0.25) is 5.91 Å². The first-order valence-corrected chi connectivity index (χ1v) is 9.08. The second-order valence-corrected chi connectivity index (χ2v) is 6.88. The minimum absolute atomic E-state index is 0.0212. The Bertz CT molecular complexity index is 1130. The highest BCUT2D eigenvalue weighted by atomic mass is 35.5. The largest absolute Gasteiger partial charge is 0.448 e. The summed E-state index contributed by atoms with van der Waals surface area (Å²) in [5.41, 5.74) is 0.577. The van der Waals surface area contributed by atoms with E-state index in [9.17, 15) is 14.9 Å². The van der Waals surface area contributed by atoms with E-state index in [0.29, 0.717) is 17.1 Å². The fraction of sp³-hybridized carbons (Fsp3) is 0.294. The van der Waals surface area contributed by atoms with Gasteiger partial charge in [0.05, 0.1) is 18.6 Å². The van der Waals surface area contributed by atoms with Gasteiger partial charge in [-0.3, -0.25) is 9.69 Å². The van der Waals surface area contributed by atoms with Crippen molar-refractivity contribution in [1.82, 2.24) is 19.6 Å². The zero-order chi connectivity index (χ0) is 20.7. The fourth-order valence-electron chi connectivity index (χ4n) is 2.83. The van der Waals surface area contributed by atoms with Crippen LogP contribution < -0.4 is 15.0 Å². The zero-order valence-corrected chi connectivity index (χ0v) is 16.3. The van der Waals surface area contributed by atoms with Crippen LogP contribution >= 0.6 is 11.6 Å². The van der Waals surface area contributed by atoms with E-state index in [4.69, 9.17) is 16.3 Å². The summed E-state index contributed by atoms with van der Waals surface area (Å²) >= 11 is 6.24. The molecule has 3 aromatic rings. The molecular formula is C17H16ClN7O4. The summed E-state index contributed by atoms with van der Waals surface area (Å²) in [4.78, 5) is 32.3. The third-order valence-electron chi connectivity index (χ3n) is 4.56. The Balaban J connectivity index is 1.64. The van der Waals surface area contributed by atoms with Crippen molar-refractivity contribution < 1.29 is 14.5 Å². The number of pyridine rings is 1. The highest BCUT2D eigenvalue weighted by Gasteiger charge is 2.33. The molecule has 150 valence electrons. The molecule has 3 aromatic heterocycles. The third kappa shape index (κ3) is 3.40. The van der Waals surface area contributed by atoms with Crippen LogP contribution in [0.15, 0.2) is 24.8 Å². The van der Waals surface area contributed by atoms with Crippen LogP contribution in [0.2, 0.25) is 5.02 Å². The Morgan fingerprint density at radius 1 is 1.34 bits per heavy atom. The van der Waals surface area contributed by atoms with Crippen molar-refractivity contribution in [2.75, 3.05) is 24.3 Å². The predicted molar refractivity (Wildman–Crippen MR) is 105 cm³/mol. The fourth-order valence-corrected chi connectivity index (χ4v) is 3.10. The highest BCUT2D eigenvalue weighted by molar-refractivity contribution is 6.35. The Hall–Kier alpha value is -3.47. The van der Waals surface area contributed by atoms with Crippen molar-refractivity contribution in [3.05, 3.63) is 39.9 Å². The number of fused-ring (bicyclic) bond motifs is 1. The second kappa shape index (κ2) is 7.17. The quantitative estimate of drug-likeness (QED) is 0.479. The van der Waals surface area contributed by atoms with Gasteiger partial charge in [-0.15, -0.1) is 0 Å². The number of hydrogen-bond donors (Lipinski definition) is 1. The van der Waals surface area contributed by atoms with Crippen LogP contribution in [0.25, 0.3) is 5.52 Å². The van der Waals surface area contributed by atoms with E-state index >= 15 is 0 Å². The number of amides is 1. The van der Waals surface area contributed by atoms with E-state index in [1.165, 1.54) is 35.1 Å². The van der Waals surface area contributed by atoms with Crippen molar-refractivity contribution in [3.63, 3.8) is 0 Å². The summed E-state index contributed by atoms with van der Waals surface area (Å²) in [7, 11) is 3.18. The molecule has 11 nitrogen and oxygen atoms in total. The van der Waals surface area contributed by atoms with Crippen molar-refractivity contribution in [3.8, 4) is 11.5 Å². The van der Waals surface area contributed by atoms with E-state index in [1.807, 2.05) is 0 Å². The molecule has 0 spiro atoms. The minimum Gasteiger partial charge on any atom is -0.448 e. The molecule has 0 radical (unpaired) electrons. The van der Waals surface area contributed by atoms with Crippen LogP contribution in [-0.2, 0) is 4.79 Å². The van der Waals surface area contributed by atoms with Crippen LogP contribution in [0.1, 0.15) is 12.8 Å². The molecule has 12 heteroatoms. The SMILES string of the molecule is CNc1c([N+](=O)[O-])ncc(Oc2cnn3cc(N(C)C(=O)C4CC4)ncc23)c1Cl. The number of nitrogens with zero attached hydrogens (tertiary/aromatic N) is 6. The Labute approximate surface area is 169 Å². The number of ether oxygens (including phenoxy) is 1. The van der Waals surface area contributed by atoms with Crippen LogP contribution in [0.3, 0.4) is 0 Å². The molecule has 0 unspecified atom stereocenters. The second-order valence-electron chi connectivity index (χ2n) is 6.50. The van der Waals surface area contributed by atoms with E-state index in [1.54, 1.807) is 13.2 Å². The van der Waals surface area contributed by atoms with E-state index in [-0.39, 0.29) is 28.3 Å². The van der Waals surface area contributed by atoms with E-state index < -0.39 is 10.7 Å². The number of hydrogen-bond acceptors (Lipinski definition) is 8. The lowest BCUT2D eigenvalue weighted by atomic mass is 10.3. The molecular weight excluding hydrogens is 402 g/mol. The van der Waals surface area contributed by atoms with Gasteiger partial charge in [-0.2, -0.15) is 5.10 Å². The monoisotopic (exact) mass is 417 g/mol. The Morgan fingerprint density at radius 2 is 2.10 bits per heavy atom. The van der Waals surface area contributed by atoms with Crippen molar-refractivity contribution >= 4 is 40.3 Å². The summed E-state index contributed by atoms with van der Waals surface area (Å²) in [6, 6.07) is 0. The lowest BCUT2D eigenvalue weighted by Gasteiger charge is -2.15. The number of carbonyl (C=O) groups is 1. The van der Waals surface area contributed by atoms with Crippen LogP contribution in [0, 0.1) is 16.0 Å². The van der Waals surface area contributed by atoms with Crippen molar-refractivity contribution in [2.24, 2.45) is 5.92 Å². The number of rotatable bonds is 6. The van der Waals surface area contributed by atoms with Crippen molar-refractivity contribution in [1.29, 1.82) is 0 Å². The molecule has 0 aliphatic heterocycles. The molecule has 0 saturated heterocycles. The normalized spacial score (nSPS) is 13.3. The maximum atomic E-state index is 12.2. The number of nitro groups is 1. The number of aromatic nitrogens is 4. The zero-order valence-electron chi connectivity index (χ0n) is 15.5. The van der Waals surface area contributed by atoms with Crippen LogP contribution in [0.5, 0.6) is 11.5 Å². The maximum Gasteiger partial charge on any atom is 0.388 e. The van der Waals surface area contributed by atoms with Gasteiger partial charge in [-0.05, 0) is 22.7 Å². The standard InChI is InChI=1S/C17H16ClN7O4/c1-19-15-14(18)12(6-21-16(15)25(27)28)29-11-7-22-24-8-13(20-5-10(11)24)23(2)17(26)9-3-4-9/h5-9,19H,3-4H2,1-2H3. The number of halogens is 1. The van der Waals surface area contributed by atoms with E-state index in [2.05, 4.69) is 20.4 Å².